The molecule has 21 heavy (non-hydrogen) atoms. The number of anilines is 1. The first kappa shape index (κ1) is 14.0. The third-order valence-corrected chi connectivity index (χ3v) is 3.98. The van der Waals surface area contributed by atoms with Gasteiger partial charge in [0.15, 0.2) is 17.4 Å². The van der Waals surface area contributed by atoms with Crippen LogP contribution in [-0.2, 0) is 6.61 Å². The Labute approximate surface area is 129 Å². The fraction of sp³-hybridized carbons (Fsp3) is 0.143. The van der Waals surface area contributed by atoms with E-state index < -0.39 is 5.82 Å². The molecule has 0 saturated carbocycles. The topological polar surface area (TPSA) is 47.0 Å². The Bertz CT molecular complexity index is 793. The summed E-state index contributed by atoms with van der Waals surface area (Å²) in [4.78, 5) is 9.62. The summed E-state index contributed by atoms with van der Waals surface area (Å²) in [7, 11) is 1.79. The van der Waals surface area contributed by atoms with Gasteiger partial charge in [-0.2, -0.15) is 0 Å². The summed E-state index contributed by atoms with van der Waals surface area (Å²) in [5.41, 5.74) is 0. The summed E-state index contributed by atoms with van der Waals surface area (Å²) in [5.74, 6) is 0.716. The van der Waals surface area contributed by atoms with Crippen molar-refractivity contribution < 1.29 is 9.13 Å². The average molecular weight is 324 g/mol. The van der Waals surface area contributed by atoms with Gasteiger partial charge in [0.05, 0.1) is 10.4 Å². The van der Waals surface area contributed by atoms with Crippen LogP contribution in [0.3, 0.4) is 0 Å². The third-order valence-electron chi connectivity index (χ3n) is 2.88. The molecule has 0 aliphatic heterocycles. The van der Waals surface area contributed by atoms with Crippen LogP contribution in [-0.4, -0.2) is 17.0 Å². The van der Waals surface area contributed by atoms with Gasteiger partial charge >= 0.3 is 0 Å². The normalized spacial score (nSPS) is 10.8. The molecule has 1 aromatic carbocycles. The van der Waals surface area contributed by atoms with E-state index in [9.17, 15) is 4.39 Å². The molecule has 0 amide bonds. The molecule has 0 aliphatic rings. The number of thiophene rings is 1. The van der Waals surface area contributed by atoms with Crippen molar-refractivity contribution >= 4 is 39.0 Å². The lowest BCUT2D eigenvalue weighted by molar-refractivity contribution is 0.282. The minimum Gasteiger partial charge on any atom is -0.482 e. The molecule has 0 unspecified atom stereocenters. The van der Waals surface area contributed by atoms with Crippen LogP contribution in [0.15, 0.2) is 29.6 Å². The van der Waals surface area contributed by atoms with Crippen molar-refractivity contribution in [1.29, 1.82) is 0 Å². The van der Waals surface area contributed by atoms with Crippen LogP contribution >= 0.6 is 22.9 Å². The number of benzene rings is 1. The molecule has 2 aromatic heterocycles. The zero-order valence-corrected chi connectivity index (χ0v) is 12.6. The van der Waals surface area contributed by atoms with Gasteiger partial charge in [-0.3, -0.25) is 0 Å². The van der Waals surface area contributed by atoms with Crippen LogP contribution in [0.5, 0.6) is 5.75 Å². The van der Waals surface area contributed by atoms with E-state index in [1.165, 1.54) is 23.5 Å². The van der Waals surface area contributed by atoms with E-state index in [2.05, 4.69) is 15.3 Å². The maximum absolute atomic E-state index is 13.7. The Kier molecular flexibility index (Phi) is 3.90. The van der Waals surface area contributed by atoms with Gasteiger partial charge < -0.3 is 10.1 Å². The van der Waals surface area contributed by atoms with E-state index in [1.54, 1.807) is 13.1 Å². The monoisotopic (exact) mass is 323 g/mol. The van der Waals surface area contributed by atoms with Crippen molar-refractivity contribution in [1.82, 2.24) is 9.97 Å². The summed E-state index contributed by atoms with van der Waals surface area (Å²) in [6, 6.07) is 6.57. The number of nitrogens with one attached hydrogen (secondary N) is 1. The molecule has 0 atom stereocenters. The summed E-state index contributed by atoms with van der Waals surface area (Å²) in [6.07, 6.45) is 0. The van der Waals surface area contributed by atoms with Gasteiger partial charge in [-0.1, -0.05) is 17.7 Å². The van der Waals surface area contributed by atoms with Gasteiger partial charge in [0, 0.05) is 7.05 Å². The second-order valence-electron chi connectivity index (χ2n) is 4.22. The molecule has 2 heterocycles. The van der Waals surface area contributed by atoms with Crippen molar-refractivity contribution in [3.05, 3.63) is 46.3 Å². The van der Waals surface area contributed by atoms with Crippen molar-refractivity contribution in [3.8, 4) is 5.75 Å². The van der Waals surface area contributed by atoms with E-state index in [-0.39, 0.29) is 17.4 Å². The second-order valence-corrected chi connectivity index (χ2v) is 5.52. The molecule has 4 nitrogen and oxygen atoms in total. The largest absolute Gasteiger partial charge is 0.482 e. The Morgan fingerprint density at radius 3 is 3.00 bits per heavy atom. The molecular weight excluding hydrogens is 313 g/mol. The minimum absolute atomic E-state index is 0.0260. The lowest BCUT2D eigenvalue weighted by atomic mass is 10.3. The highest BCUT2D eigenvalue weighted by Crippen LogP contribution is 2.27. The molecule has 3 rings (SSSR count). The maximum Gasteiger partial charge on any atom is 0.183 e. The van der Waals surface area contributed by atoms with E-state index in [4.69, 9.17) is 16.3 Å². The molecule has 0 saturated heterocycles. The first-order valence-electron chi connectivity index (χ1n) is 6.17. The molecule has 1 N–H and O–H groups in total. The van der Waals surface area contributed by atoms with Crippen LogP contribution in [0.25, 0.3) is 10.2 Å². The first-order chi connectivity index (χ1) is 10.2. The van der Waals surface area contributed by atoms with Crippen molar-refractivity contribution in [3.63, 3.8) is 0 Å². The molecule has 0 fully saturated rings. The summed E-state index contributed by atoms with van der Waals surface area (Å²) in [5, 5.41) is 5.95. The summed E-state index contributed by atoms with van der Waals surface area (Å²) in [6.45, 7) is 0.0692. The number of hydrogen-bond donors (Lipinski definition) is 1. The van der Waals surface area contributed by atoms with Crippen LogP contribution in [0, 0.1) is 5.82 Å². The Morgan fingerprint density at radius 1 is 1.33 bits per heavy atom. The van der Waals surface area contributed by atoms with Crippen LogP contribution < -0.4 is 10.1 Å². The molecule has 108 valence electrons. The number of halogens is 2. The predicted molar refractivity (Wildman–Crippen MR) is 82.7 cm³/mol. The van der Waals surface area contributed by atoms with Crippen molar-refractivity contribution in [2.24, 2.45) is 0 Å². The van der Waals surface area contributed by atoms with Gasteiger partial charge in [0.1, 0.15) is 17.3 Å². The third kappa shape index (κ3) is 2.77. The summed E-state index contributed by atoms with van der Waals surface area (Å²) < 4.78 is 19.2. The van der Waals surface area contributed by atoms with E-state index >= 15 is 0 Å². The molecule has 0 spiro atoms. The Morgan fingerprint density at radius 2 is 2.19 bits per heavy atom. The SMILES string of the molecule is CNc1nc(COc2cccc(Cl)c2F)nc2sccc12. The molecule has 0 aliphatic carbocycles. The number of aromatic nitrogens is 2. The van der Waals surface area contributed by atoms with Gasteiger partial charge in [-0.25, -0.2) is 14.4 Å². The van der Waals surface area contributed by atoms with E-state index in [0.717, 1.165) is 16.0 Å². The molecule has 7 heteroatoms. The highest BCUT2D eigenvalue weighted by Gasteiger charge is 2.11. The Hall–Kier alpha value is -1.92. The number of hydrogen-bond acceptors (Lipinski definition) is 5. The quantitative estimate of drug-likeness (QED) is 0.785. The van der Waals surface area contributed by atoms with Crippen molar-refractivity contribution in [2.45, 2.75) is 6.61 Å². The minimum atomic E-state index is -0.579. The van der Waals surface area contributed by atoms with Crippen molar-refractivity contribution in [2.75, 3.05) is 12.4 Å². The highest BCUT2D eigenvalue weighted by molar-refractivity contribution is 7.16. The van der Waals surface area contributed by atoms with E-state index in [0.29, 0.717) is 5.82 Å². The zero-order chi connectivity index (χ0) is 14.8. The number of ether oxygens (including phenoxy) is 1. The molecule has 0 bridgehead atoms. The fourth-order valence-corrected chi connectivity index (χ4v) is 2.84. The molecule has 3 aromatic rings. The van der Waals surface area contributed by atoms with Crippen LogP contribution in [0.1, 0.15) is 5.82 Å². The number of fused-ring (bicyclic) bond motifs is 1. The van der Waals surface area contributed by atoms with Crippen LogP contribution in [0.2, 0.25) is 5.02 Å². The zero-order valence-electron chi connectivity index (χ0n) is 11.1. The van der Waals surface area contributed by atoms with Gasteiger partial charge in [-0.05, 0) is 23.6 Å². The van der Waals surface area contributed by atoms with Crippen LogP contribution in [0.4, 0.5) is 10.2 Å². The average Bonchev–Trinajstić information content (AvgIpc) is 2.96. The lowest BCUT2D eigenvalue weighted by Gasteiger charge is -2.08. The maximum atomic E-state index is 13.7. The van der Waals surface area contributed by atoms with E-state index in [1.807, 2.05) is 11.4 Å². The summed E-state index contributed by atoms with van der Waals surface area (Å²) >= 11 is 7.23. The van der Waals surface area contributed by atoms with Gasteiger partial charge in [-0.15, -0.1) is 11.3 Å². The molecular formula is C14H11ClFN3OS. The fourth-order valence-electron chi connectivity index (χ4n) is 1.89. The smallest absolute Gasteiger partial charge is 0.183 e. The highest BCUT2D eigenvalue weighted by atomic mass is 35.5. The Balaban J connectivity index is 1.86. The molecule has 0 radical (unpaired) electrons. The second kappa shape index (κ2) is 5.83. The van der Waals surface area contributed by atoms with Gasteiger partial charge in [0.2, 0.25) is 0 Å². The number of rotatable bonds is 4. The lowest BCUT2D eigenvalue weighted by Crippen LogP contribution is -2.05. The number of nitrogens with zero attached hydrogens (tertiary/aromatic N) is 2. The van der Waals surface area contributed by atoms with Gasteiger partial charge in [0.25, 0.3) is 0 Å². The first-order valence-corrected chi connectivity index (χ1v) is 7.43. The standard InChI is InChI=1S/C14H11ClFN3OS/c1-17-13-8-5-6-21-14(8)19-11(18-13)7-20-10-4-2-3-9(15)12(10)16/h2-6H,7H2,1H3,(H,17,18,19). The predicted octanol–water partition coefficient (Wildman–Crippen LogP) is 4.10.